The number of ether oxygens (including phenoxy) is 2. The Balaban J connectivity index is 0.00000180. The van der Waals surface area contributed by atoms with E-state index in [0.717, 1.165) is 52.0 Å². The van der Waals surface area contributed by atoms with Crippen molar-refractivity contribution < 1.29 is 14.3 Å². The van der Waals surface area contributed by atoms with Gasteiger partial charge in [0.2, 0.25) is 5.91 Å². The van der Waals surface area contributed by atoms with Gasteiger partial charge in [-0.1, -0.05) is 0 Å². The summed E-state index contributed by atoms with van der Waals surface area (Å²) in [7, 11) is 0. The Bertz CT molecular complexity index is 254. The zero-order chi connectivity index (χ0) is 12.6. The molecule has 2 heterocycles. The van der Waals surface area contributed by atoms with Crippen LogP contribution in [0.2, 0.25) is 0 Å². The van der Waals surface area contributed by atoms with Crippen molar-refractivity contribution in [1.29, 1.82) is 0 Å². The van der Waals surface area contributed by atoms with Gasteiger partial charge in [0.05, 0.1) is 12.7 Å². The van der Waals surface area contributed by atoms with Crippen LogP contribution in [0.15, 0.2) is 0 Å². The minimum Gasteiger partial charge on any atom is -0.381 e. The SMILES string of the molecule is Cl.O=C(CCOC1CCOCC1)N[C@H]1CCCNC1. The van der Waals surface area contributed by atoms with Gasteiger partial charge in [-0.3, -0.25) is 4.79 Å². The van der Waals surface area contributed by atoms with Crippen molar-refractivity contribution >= 4 is 18.3 Å². The van der Waals surface area contributed by atoms with Gasteiger partial charge in [0.15, 0.2) is 0 Å². The summed E-state index contributed by atoms with van der Waals surface area (Å²) in [6, 6.07) is 0.300. The number of amides is 1. The summed E-state index contributed by atoms with van der Waals surface area (Å²) in [6.45, 7) is 4.05. The molecule has 2 rings (SSSR count). The van der Waals surface area contributed by atoms with E-state index < -0.39 is 0 Å². The van der Waals surface area contributed by atoms with E-state index in [1.165, 1.54) is 0 Å². The van der Waals surface area contributed by atoms with Crippen molar-refractivity contribution in [2.45, 2.75) is 44.2 Å². The molecule has 0 spiro atoms. The Kier molecular flexibility index (Phi) is 8.37. The third-order valence-electron chi connectivity index (χ3n) is 3.51. The van der Waals surface area contributed by atoms with Crippen LogP contribution < -0.4 is 10.6 Å². The largest absolute Gasteiger partial charge is 0.381 e. The Morgan fingerprint density at radius 1 is 1.32 bits per heavy atom. The molecule has 2 fully saturated rings. The van der Waals surface area contributed by atoms with Gasteiger partial charge >= 0.3 is 0 Å². The molecule has 2 N–H and O–H groups in total. The molecular formula is C13H25ClN2O3. The molecule has 2 aliphatic heterocycles. The average molecular weight is 293 g/mol. The fourth-order valence-electron chi connectivity index (χ4n) is 2.44. The first-order chi connectivity index (χ1) is 8.84. The molecule has 112 valence electrons. The first kappa shape index (κ1) is 16.7. The third kappa shape index (κ3) is 6.56. The third-order valence-corrected chi connectivity index (χ3v) is 3.51. The molecule has 0 aliphatic carbocycles. The molecule has 0 saturated carbocycles. The summed E-state index contributed by atoms with van der Waals surface area (Å²) < 4.78 is 10.9. The maximum Gasteiger partial charge on any atom is 0.222 e. The highest BCUT2D eigenvalue weighted by atomic mass is 35.5. The number of piperidine rings is 1. The molecule has 0 aromatic heterocycles. The fraction of sp³-hybridized carbons (Fsp3) is 0.923. The molecule has 1 atom stereocenters. The highest BCUT2D eigenvalue weighted by molar-refractivity contribution is 5.85. The van der Waals surface area contributed by atoms with Crippen LogP contribution in [-0.2, 0) is 14.3 Å². The van der Waals surface area contributed by atoms with Crippen LogP contribution >= 0.6 is 12.4 Å². The first-order valence-corrected chi connectivity index (χ1v) is 7.04. The zero-order valence-corrected chi connectivity index (χ0v) is 12.2. The van der Waals surface area contributed by atoms with Gasteiger partial charge in [0.1, 0.15) is 0 Å². The predicted molar refractivity (Wildman–Crippen MR) is 75.7 cm³/mol. The van der Waals surface area contributed by atoms with Crippen LogP contribution in [0, 0.1) is 0 Å². The smallest absolute Gasteiger partial charge is 0.222 e. The molecule has 0 unspecified atom stereocenters. The summed E-state index contributed by atoms with van der Waals surface area (Å²) in [6.07, 6.45) is 4.88. The molecule has 2 saturated heterocycles. The number of hydrogen-bond donors (Lipinski definition) is 2. The number of halogens is 1. The quantitative estimate of drug-likeness (QED) is 0.789. The summed E-state index contributed by atoms with van der Waals surface area (Å²) in [4.78, 5) is 11.7. The summed E-state index contributed by atoms with van der Waals surface area (Å²) >= 11 is 0. The van der Waals surface area contributed by atoms with Gasteiger partial charge in [0.25, 0.3) is 0 Å². The lowest BCUT2D eigenvalue weighted by Crippen LogP contribution is -2.45. The molecule has 0 bridgehead atoms. The summed E-state index contributed by atoms with van der Waals surface area (Å²) in [5, 5.41) is 6.34. The first-order valence-electron chi connectivity index (χ1n) is 7.04. The van der Waals surface area contributed by atoms with E-state index in [4.69, 9.17) is 9.47 Å². The maximum absolute atomic E-state index is 11.7. The van der Waals surface area contributed by atoms with Crippen molar-refractivity contribution in [3.05, 3.63) is 0 Å². The van der Waals surface area contributed by atoms with Gasteiger partial charge in [-0.25, -0.2) is 0 Å². The molecule has 0 aromatic rings. The lowest BCUT2D eigenvalue weighted by Gasteiger charge is -2.24. The topological polar surface area (TPSA) is 59.6 Å². The van der Waals surface area contributed by atoms with Crippen LogP contribution in [0.25, 0.3) is 0 Å². The monoisotopic (exact) mass is 292 g/mol. The van der Waals surface area contributed by atoms with Gasteiger partial charge < -0.3 is 20.1 Å². The zero-order valence-electron chi connectivity index (χ0n) is 11.4. The van der Waals surface area contributed by atoms with Crippen molar-refractivity contribution in [2.75, 3.05) is 32.9 Å². The molecule has 2 aliphatic rings. The van der Waals surface area contributed by atoms with E-state index >= 15 is 0 Å². The number of hydrogen-bond acceptors (Lipinski definition) is 4. The van der Waals surface area contributed by atoms with Gasteiger partial charge in [-0.05, 0) is 32.2 Å². The van der Waals surface area contributed by atoms with E-state index in [-0.39, 0.29) is 24.4 Å². The molecule has 19 heavy (non-hydrogen) atoms. The lowest BCUT2D eigenvalue weighted by molar-refractivity contribution is -0.124. The number of carbonyl (C=O) groups is 1. The normalized spacial score (nSPS) is 24.5. The molecule has 6 heteroatoms. The molecular weight excluding hydrogens is 268 g/mol. The molecule has 5 nitrogen and oxygen atoms in total. The van der Waals surface area contributed by atoms with Crippen molar-refractivity contribution in [3.63, 3.8) is 0 Å². The van der Waals surface area contributed by atoms with Gasteiger partial charge in [-0.15, -0.1) is 12.4 Å². The Hall–Kier alpha value is -0.360. The minimum atomic E-state index is 0. The van der Waals surface area contributed by atoms with E-state index in [2.05, 4.69) is 10.6 Å². The van der Waals surface area contributed by atoms with Crippen LogP contribution in [0.4, 0.5) is 0 Å². The molecule has 0 aromatic carbocycles. The second-order valence-electron chi connectivity index (χ2n) is 5.04. The Morgan fingerprint density at radius 3 is 2.79 bits per heavy atom. The maximum atomic E-state index is 11.7. The summed E-state index contributed by atoms with van der Waals surface area (Å²) in [5.74, 6) is 0.107. The second kappa shape index (κ2) is 9.53. The van der Waals surface area contributed by atoms with Crippen molar-refractivity contribution in [1.82, 2.24) is 10.6 Å². The molecule has 0 radical (unpaired) electrons. The van der Waals surface area contributed by atoms with Crippen LogP contribution in [-0.4, -0.2) is 51.0 Å². The Labute approximate surface area is 121 Å². The van der Waals surface area contributed by atoms with Gasteiger partial charge in [-0.2, -0.15) is 0 Å². The van der Waals surface area contributed by atoms with Gasteiger partial charge in [0, 0.05) is 32.2 Å². The predicted octanol–water partition coefficient (Wildman–Crippen LogP) is 0.862. The van der Waals surface area contributed by atoms with E-state index in [1.807, 2.05) is 0 Å². The van der Waals surface area contributed by atoms with Crippen LogP contribution in [0.1, 0.15) is 32.1 Å². The van der Waals surface area contributed by atoms with E-state index in [1.54, 1.807) is 0 Å². The van der Waals surface area contributed by atoms with Crippen LogP contribution in [0.5, 0.6) is 0 Å². The number of rotatable bonds is 5. The molecule has 1 amide bonds. The lowest BCUT2D eigenvalue weighted by atomic mass is 10.1. The average Bonchev–Trinajstić information content (AvgIpc) is 2.41. The fourth-order valence-corrected chi connectivity index (χ4v) is 2.44. The Morgan fingerprint density at radius 2 is 2.11 bits per heavy atom. The number of carbonyl (C=O) groups excluding carboxylic acids is 1. The van der Waals surface area contributed by atoms with Crippen LogP contribution in [0.3, 0.4) is 0 Å². The summed E-state index contributed by atoms with van der Waals surface area (Å²) in [5.41, 5.74) is 0. The highest BCUT2D eigenvalue weighted by Gasteiger charge is 2.17. The van der Waals surface area contributed by atoms with E-state index in [0.29, 0.717) is 19.1 Å². The standard InChI is InChI=1S/C13H24N2O3.ClH/c16-13(15-11-2-1-6-14-10-11)5-9-18-12-3-7-17-8-4-12;/h11-12,14H,1-10H2,(H,15,16);1H/t11-;/m0./s1. The minimum absolute atomic E-state index is 0. The van der Waals surface area contributed by atoms with E-state index in [9.17, 15) is 4.79 Å². The van der Waals surface area contributed by atoms with Crippen molar-refractivity contribution in [3.8, 4) is 0 Å². The van der Waals surface area contributed by atoms with Crippen molar-refractivity contribution in [2.24, 2.45) is 0 Å². The second-order valence-corrected chi connectivity index (χ2v) is 5.04. The number of nitrogens with one attached hydrogen (secondary N) is 2. The highest BCUT2D eigenvalue weighted by Crippen LogP contribution is 2.10.